The third-order valence-corrected chi connectivity index (χ3v) is 11.1. The Morgan fingerprint density at radius 2 is 0.904 bits per heavy atom. The molecule has 0 aliphatic heterocycles. The summed E-state index contributed by atoms with van der Waals surface area (Å²) in [6, 6.07) is 58.1. The van der Waals surface area contributed by atoms with Crippen LogP contribution in [0.3, 0.4) is 0 Å². The van der Waals surface area contributed by atoms with Gasteiger partial charge in [-0.2, -0.15) is 0 Å². The number of anilines is 5. The van der Waals surface area contributed by atoms with Gasteiger partial charge in [0.2, 0.25) is 0 Å². The van der Waals surface area contributed by atoms with Crippen LogP contribution in [0.15, 0.2) is 188 Å². The van der Waals surface area contributed by atoms with Crippen LogP contribution in [-0.2, 0) is 5.41 Å². The van der Waals surface area contributed by atoms with Gasteiger partial charge < -0.3 is 9.80 Å². The van der Waals surface area contributed by atoms with E-state index in [1.165, 1.54) is 82.6 Å². The van der Waals surface area contributed by atoms with E-state index in [0.29, 0.717) is 0 Å². The summed E-state index contributed by atoms with van der Waals surface area (Å²) in [5.74, 6) is 0. The first-order valence-corrected chi connectivity index (χ1v) is 18.8. The largest absolute Gasteiger partial charge is 0.345 e. The minimum absolute atomic E-state index is 0.0137. The maximum atomic E-state index is 2.40. The van der Waals surface area contributed by atoms with Crippen molar-refractivity contribution in [1.82, 2.24) is 0 Å². The minimum atomic E-state index is 0.0137. The van der Waals surface area contributed by atoms with Crippen LogP contribution in [0.5, 0.6) is 0 Å². The third kappa shape index (κ3) is 6.90. The Labute approximate surface area is 309 Å². The molecular formula is C50H46N2. The standard InChI is InChI=1S/C50H46N2/c1-51(45-29-21-41(22-30-45)40-17-9-4-10-18-40)46-33-25-43(26-34-46)50(37-13-6-14-38-50)44-27-35-49(36-28-44)52(47-19-11-5-12-20-47)48-31-23-42(24-32-48)39-15-7-2-3-8-16-39/h2-5,7-12,15,17-36H,6,13-14,16,37-38H2,1H3. The normalized spacial score (nSPS) is 15.1. The molecule has 0 bridgehead atoms. The van der Waals surface area contributed by atoms with Crippen molar-refractivity contribution in [1.29, 1.82) is 0 Å². The molecule has 2 heteroatoms. The van der Waals surface area contributed by atoms with Crippen molar-refractivity contribution in [3.63, 3.8) is 0 Å². The Kier molecular flexibility index (Phi) is 9.71. The Morgan fingerprint density at radius 1 is 0.423 bits per heavy atom. The molecule has 8 rings (SSSR count). The first-order valence-electron chi connectivity index (χ1n) is 18.8. The van der Waals surface area contributed by atoms with Crippen molar-refractivity contribution in [3.05, 3.63) is 205 Å². The maximum absolute atomic E-state index is 2.40. The summed E-state index contributed by atoms with van der Waals surface area (Å²) in [6.45, 7) is 0. The minimum Gasteiger partial charge on any atom is -0.345 e. The Balaban J connectivity index is 1.07. The first-order chi connectivity index (χ1) is 25.7. The van der Waals surface area contributed by atoms with Crippen LogP contribution in [-0.4, -0.2) is 7.05 Å². The fraction of sp³-hybridized carbons (Fsp3) is 0.160. The van der Waals surface area contributed by atoms with E-state index in [9.17, 15) is 0 Å². The summed E-state index contributed by atoms with van der Waals surface area (Å²) in [6.07, 6.45) is 17.9. The number of nitrogens with zero attached hydrogens (tertiary/aromatic N) is 2. The number of allylic oxidation sites excluding steroid dienone is 6. The van der Waals surface area contributed by atoms with Crippen LogP contribution in [0.25, 0.3) is 16.7 Å². The molecule has 0 heterocycles. The quantitative estimate of drug-likeness (QED) is 0.151. The molecule has 0 spiro atoms. The van der Waals surface area contributed by atoms with Gasteiger partial charge in [-0.25, -0.2) is 0 Å². The van der Waals surface area contributed by atoms with Crippen molar-refractivity contribution in [3.8, 4) is 11.1 Å². The highest BCUT2D eigenvalue weighted by molar-refractivity contribution is 5.79. The zero-order chi connectivity index (χ0) is 35.2. The van der Waals surface area contributed by atoms with Crippen molar-refractivity contribution in [2.45, 2.75) is 43.9 Å². The van der Waals surface area contributed by atoms with Crippen LogP contribution >= 0.6 is 0 Å². The van der Waals surface area contributed by atoms with Gasteiger partial charge in [0.1, 0.15) is 0 Å². The Bertz CT molecular complexity index is 2150. The third-order valence-electron chi connectivity index (χ3n) is 11.1. The van der Waals surface area contributed by atoms with Crippen LogP contribution in [0.2, 0.25) is 0 Å². The second kappa shape index (κ2) is 15.2. The number of para-hydroxylation sites is 1. The van der Waals surface area contributed by atoms with E-state index in [4.69, 9.17) is 0 Å². The summed E-state index contributed by atoms with van der Waals surface area (Å²) in [5.41, 5.74) is 13.8. The van der Waals surface area contributed by atoms with Gasteiger partial charge in [0.15, 0.2) is 0 Å². The second-order valence-corrected chi connectivity index (χ2v) is 14.1. The zero-order valence-electron chi connectivity index (χ0n) is 30.0. The van der Waals surface area contributed by atoms with E-state index < -0.39 is 0 Å². The van der Waals surface area contributed by atoms with Crippen LogP contribution in [0, 0.1) is 0 Å². The Hall–Kier alpha value is -5.86. The molecule has 0 unspecified atom stereocenters. The van der Waals surface area contributed by atoms with E-state index in [1.54, 1.807) is 0 Å². The molecule has 2 nitrogen and oxygen atoms in total. The molecule has 2 aliphatic carbocycles. The van der Waals surface area contributed by atoms with Gasteiger partial charge >= 0.3 is 0 Å². The maximum Gasteiger partial charge on any atom is 0.0462 e. The highest BCUT2D eigenvalue weighted by Gasteiger charge is 2.36. The summed E-state index contributed by atoms with van der Waals surface area (Å²) < 4.78 is 0. The molecule has 6 aromatic carbocycles. The molecule has 0 radical (unpaired) electrons. The van der Waals surface area contributed by atoms with Gasteiger partial charge in [0.05, 0.1) is 0 Å². The van der Waals surface area contributed by atoms with E-state index in [2.05, 4.69) is 205 Å². The van der Waals surface area contributed by atoms with E-state index >= 15 is 0 Å². The van der Waals surface area contributed by atoms with E-state index in [0.717, 1.165) is 17.8 Å². The molecule has 1 saturated carbocycles. The number of rotatable bonds is 9. The van der Waals surface area contributed by atoms with Gasteiger partial charge in [-0.3, -0.25) is 0 Å². The zero-order valence-corrected chi connectivity index (χ0v) is 30.0. The van der Waals surface area contributed by atoms with Crippen LogP contribution < -0.4 is 9.80 Å². The van der Waals surface area contributed by atoms with Crippen molar-refractivity contribution in [2.24, 2.45) is 0 Å². The Morgan fingerprint density at radius 3 is 1.52 bits per heavy atom. The average Bonchev–Trinajstić information content (AvgIpc) is 3.52. The lowest BCUT2D eigenvalue weighted by molar-refractivity contribution is 0.346. The highest BCUT2D eigenvalue weighted by Crippen LogP contribution is 2.46. The fourth-order valence-electron chi connectivity index (χ4n) is 8.13. The lowest BCUT2D eigenvalue weighted by Crippen LogP contribution is -2.30. The highest BCUT2D eigenvalue weighted by atomic mass is 15.1. The summed E-state index contributed by atoms with van der Waals surface area (Å²) in [7, 11) is 2.16. The number of benzene rings is 6. The fourth-order valence-corrected chi connectivity index (χ4v) is 8.13. The average molecular weight is 675 g/mol. The predicted molar refractivity (Wildman–Crippen MR) is 222 cm³/mol. The second-order valence-electron chi connectivity index (χ2n) is 14.1. The number of hydrogen-bond donors (Lipinski definition) is 0. The van der Waals surface area contributed by atoms with Crippen LogP contribution in [0.1, 0.15) is 55.2 Å². The van der Waals surface area contributed by atoms with Gasteiger partial charge in [0, 0.05) is 40.9 Å². The van der Waals surface area contributed by atoms with Gasteiger partial charge in [-0.05, 0) is 113 Å². The molecule has 1 fully saturated rings. The molecule has 52 heavy (non-hydrogen) atoms. The predicted octanol–water partition coefficient (Wildman–Crippen LogP) is 13.7. The summed E-state index contributed by atoms with van der Waals surface area (Å²) in [5, 5.41) is 0. The molecule has 2 aliphatic rings. The molecule has 256 valence electrons. The van der Waals surface area contributed by atoms with Gasteiger partial charge in [-0.15, -0.1) is 0 Å². The monoisotopic (exact) mass is 674 g/mol. The topological polar surface area (TPSA) is 6.48 Å². The number of hydrogen-bond acceptors (Lipinski definition) is 2. The molecule has 0 N–H and O–H groups in total. The van der Waals surface area contributed by atoms with Gasteiger partial charge in [-0.1, -0.05) is 147 Å². The lowest BCUT2D eigenvalue weighted by atomic mass is 9.65. The molecule has 0 amide bonds. The van der Waals surface area contributed by atoms with E-state index in [1.807, 2.05) is 0 Å². The molecule has 6 aromatic rings. The molecular weight excluding hydrogens is 629 g/mol. The smallest absolute Gasteiger partial charge is 0.0462 e. The van der Waals surface area contributed by atoms with Crippen molar-refractivity contribution < 1.29 is 0 Å². The van der Waals surface area contributed by atoms with E-state index in [-0.39, 0.29) is 5.41 Å². The molecule has 0 saturated heterocycles. The summed E-state index contributed by atoms with van der Waals surface area (Å²) >= 11 is 0. The van der Waals surface area contributed by atoms with Gasteiger partial charge in [0.25, 0.3) is 0 Å². The van der Waals surface area contributed by atoms with Crippen molar-refractivity contribution >= 4 is 34.0 Å². The molecule has 0 aromatic heterocycles. The molecule has 0 atom stereocenters. The first kappa shape index (κ1) is 33.3. The SMILES string of the molecule is CN(c1ccc(-c2ccccc2)cc1)c1ccc(C2(c3ccc(N(c4ccccc4)c4ccc(C5=CC=CC=CC5)cc4)cc3)CCCCC2)cc1. The lowest BCUT2D eigenvalue weighted by Gasteiger charge is -2.39. The van der Waals surface area contributed by atoms with Crippen molar-refractivity contribution in [2.75, 3.05) is 16.8 Å². The van der Waals surface area contributed by atoms with Crippen LogP contribution in [0.4, 0.5) is 28.4 Å². The summed E-state index contributed by atoms with van der Waals surface area (Å²) in [4.78, 5) is 4.66.